The highest BCUT2D eigenvalue weighted by atomic mass is 16.3. The van der Waals surface area contributed by atoms with Gasteiger partial charge in [0.1, 0.15) is 0 Å². The summed E-state index contributed by atoms with van der Waals surface area (Å²) in [7, 11) is 1.95. The van der Waals surface area contributed by atoms with E-state index in [4.69, 9.17) is 5.73 Å². The van der Waals surface area contributed by atoms with E-state index in [1.54, 1.807) is 0 Å². The Hall–Kier alpha value is -0.870. The molecule has 1 fully saturated rings. The van der Waals surface area contributed by atoms with E-state index in [0.29, 0.717) is 6.54 Å². The monoisotopic (exact) mass is 223 g/mol. The van der Waals surface area contributed by atoms with Gasteiger partial charge in [0.25, 0.3) is 0 Å². The Labute approximate surface area is 96.5 Å². The summed E-state index contributed by atoms with van der Waals surface area (Å²) in [5.74, 6) is 0. The molecule has 2 unspecified atom stereocenters. The number of rotatable bonds is 3. The van der Waals surface area contributed by atoms with Crippen molar-refractivity contribution in [2.24, 2.45) is 18.2 Å². The Morgan fingerprint density at radius 2 is 2.44 bits per heavy atom. The van der Waals surface area contributed by atoms with Crippen molar-refractivity contribution in [1.82, 2.24) is 9.78 Å². The largest absolute Gasteiger partial charge is 0.392 e. The number of aliphatic hydroxyl groups is 1. The first-order valence-electron chi connectivity index (χ1n) is 5.95. The third-order valence-corrected chi connectivity index (χ3v) is 3.90. The molecule has 1 aromatic rings. The smallest absolute Gasteiger partial charge is 0.0612 e. The molecule has 1 saturated carbocycles. The quantitative estimate of drug-likeness (QED) is 0.795. The molecule has 4 nitrogen and oxygen atoms in total. The van der Waals surface area contributed by atoms with Gasteiger partial charge in [-0.05, 0) is 32.3 Å². The number of hydrogen-bond donors (Lipinski definition) is 2. The molecule has 16 heavy (non-hydrogen) atoms. The highest BCUT2D eigenvalue weighted by Crippen LogP contribution is 2.40. The summed E-state index contributed by atoms with van der Waals surface area (Å²) in [5.41, 5.74) is 7.94. The summed E-state index contributed by atoms with van der Waals surface area (Å²) in [6.07, 6.45) is 3.56. The van der Waals surface area contributed by atoms with E-state index in [-0.39, 0.29) is 11.5 Å². The van der Waals surface area contributed by atoms with E-state index in [1.807, 2.05) is 18.7 Å². The lowest BCUT2D eigenvalue weighted by atomic mass is 9.79. The first-order chi connectivity index (χ1) is 7.57. The van der Waals surface area contributed by atoms with Crippen molar-refractivity contribution in [3.05, 3.63) is 17.5 Å². The van der Waals surface area contributed by atoms with Gasteiger partial charge in [0, 0.05) is 24.7 Å². The molecule has 0 radical (unpaired) electrons. The van der Waals surface area contributed by atoms with E-state index in [9.17, 15) is 5.11 Å². The maximum Gasteiger partial charge on any atom is 0.0612 e. The number of aliphatic hydroxyl groups excluding tert-OH is 1. The lowest BCUT2D eigenvalue weighted by molar-refractivity contribution is 0.0575. The van der Waals surface area contributed by atoms with Crippen molar-refractivity contribution in [2.75, 3.05) is 6.54 Å². The van der Waals surface area contributed by atoms with Crippen molar-refractivity contribution in [3.8, 4) is 0 Å². The molecule has 0 amide bonds. The second-order valence-corrected chi connectivity index (χ2v) is 5.05. The molecule has 0 aromatic carbocycles. The van der Waals surface area contributed by atoms with Gasteiger partial charge in [-0.15, -0.1) is 0 Å². The van der Waals surface area contributed by atoms with Gasteiger partial charge in [0.2, 0.25) is 0 Å². The van der Waals surface area contributed by atoms with Gasteiger partial charge in [0.05, 0.1) is 11.8 Å². The van der Waals surface area contributed by atoms with Crippen LogP contribution in [0.3, 0.4) is 0 Å². The van der Waals surface area contributed by atoms with Crippen molar-refractivity contribution in [2.45, 2.75) is 38.7 Å². The fourth-order valence-electron chi connectivity index (χ4n) is 2.83. The Morgan fingerprint density at radius 3 is 2.88 bits per heavy atom. The standard InChI is InChI=1S/C12H21N3O/c1-9-6-10(15(2)14-9)7-12(8-13)5-3-4-11(12)16/h6,11,16H,3-5,7-8,13H2,1-2H3. The average molecular weight is 223 g/mol. The molecular formula is C12H21N3O. The summed E-state index contributed by atoms with van der Waals surface area (Å²) in [6, 6.07) is 2.09. The average Bonchev–Trinajstić information content (AvgIpc) is 2.73. The van der Waals surface area contributed by atoms with E-state index in [0.717, 1.165) is 31.4 Å². The molecule has 90 valence electrons. The van der Waals surface area contributed by atoms with Crippen LogP contribution in [-0.2, 0) is 13.5 Å². The Morgan fingerprint density at radius 1 is 1.69 bits per heavy atom. The molecule has 0 saturated heterocycles. The molecule has 0 spiro atoms. The fourth-order valence-corrected chi connectivity index (χ4v) is 2.83. The van der Waals surface area contributed by atoms with E-state index in [2.05, 4.69) is 11.2 Å². The van der Waals surface area contributed by atoms with Gasteiger partial charge in [0.15, 0.2) is 0 Å². The molecular weight excluding hydrogens is 202 g/mol. The molecule has 2 atom stereocenters. The van der Waals surface area contributed by atoms with Crippen LogP contribution >= 0.6 is 0 Å². The molecule has 4 heteroatoms. The molecule has 3 N–H and O–H groups in total. The zero-order chi connectivity index (χ0) is 11.8. The van der Waals surface area contributed by atoms with Crippen LogP contribution in [0.4, 0.5) is 0 Å². The number of aromatic nitrogens is 2. The normalized spacial score (nSPS) is 29.9. The first-order valence-corrected chi connectivity index (χ1v) is 5.95. The number of nitrogens with zero attached hydrogens (tertiary/aromatic N) is 2. The van der Waals surface area contributed by atoms with E-state index in [1.165, 1.54) is 5.69 Å². The predicted octanol–water partition coefficient (Wildman–Crippen LogP) is 0.761. The van der Waals surface area contributed by atoms with Crippen molar-refractivity contribution in [1.29, 1.82) is 0 Å². The third-order valence-electron chi connectivity index (χ3n) is 3.90. The number of hydrogen-bond acceptors (Lipinski definition) is 3. The Bertz CT molecular complexity index is 374. The predicted molar refractivity (Wildman–Crippen MR) is 63.0 cm³/mol. The first kappa shape index (κ1) is 11.6. The second-order valence-electron chi connectivity index (χ2n) is 5.05. The highest BCUT2D eigenvalue weighted by molar-refractivity contribution is 5.13. The van der Waals surface area contributed by atoms with Gasteiger partial charge < -0.3 is 10.8 Å². The van der Waals surface area contributed by atoms with Crippen LogP contribution in [0, 0.1) is 12.3 Å². The maximum absolute atomic E-state index is 10.1. The SMILES string of the molecule is Cc1cc(CC2(CN)CCCC2O)n(C)n1. The Balaban J connectivity index is 2.21. The molecule has 1 aliphatic carbocycles. The maximum atomic E-state index is 10.1. The summed E-state index contributed by atoms with van der Waals surface area (Å²) in [6.45, 7) is 2.54. The minimum absolute atomic E-state index is 0.125. The number of aryl methyl sites for hydroxylation is 2. The molecule has 2 rings (SSSR count). The van der Waals surface area contributed by atoms with Gasteiger partial charge in [-0.25, -0.2) is 0 Å². The molecule has 0 aliphatic heterocycles. The lowest BCUT2D eigenvalue weighted by Crippen LogP contribution is -2.40. The minimum atomic E-state index is -0.257. The van der Waals surface area contributed by atoms with Crippen LogP contribution < -0.4 is 5.73 Å². The van der Waals surface area contributed by atoms with E-state index < -0.39 is 0 Å². The third kappa shape index (κ3) is 1.87. The topological polar surface area (TPSA) is 64.1 Å². The molecule has 1 aromatic heterocycles. The van der Waals surface area contributed by atoms with Gasteiger partial charge in [-0.3, -0.25) is 4.68 Å². The highest BCUT2D eigenvalue weighted by Gasteiger charge is 2.41. The van der Waals surface area contributed by atoms with Crippen LogP contribution in [0.2, 0.25) is 0 Å². The summed E-state index contributed by atoms with van der Waals surface area (Å²) in [4.78, 5) is 0. The zero-order valence-electron chi connectivity index (χ0n) is 10.1. The Kier molecular flexibility index (Phi) is 3.04. The van der Waals surface area contributed by atoms with Crippen molar-refractivity contribution in [3.63, 3.8) is 0 Å². The van der Waals surface area contributed by atoms with Crippen LogP contribution in [-0.4, -0.2) is 27.5 Å². The summed E-state index contributed by atoms with van der Waals surface area (Å²) in [5, 5.41) is 14.4. The van der Waals surface area contributed by atoms with Crippen LogP contribution in [0.15, 0.2) is 6.07 Å². The van der Waals surface area contributed by atoms with Gasteiger partial charge in [-0.1, -0.05) is 6.42 Å². The lowest BCUT2D eigenvalue weighted by Gasteiger charge is -2.31. The summed E-state index contributed by atoms with van der Waals surface area (Å²) < 4.78 is 1.90. The summed E-state index contributed by atoms with van der Waals surface area (Å²) >= 11 is 0. The van der Waals surface area contributed by atoms with Crippen molar-refractivity contribution < 1.29 is 5.11 Å². The molecule has 0 bridgehead atoms. The minimum Gasteiger partial charge on any atom is -0.392 e. The molecule has 1 aliphatic rings. The van der Waals surface area contributed by atoms with E-state index >= 15 is 0 Å². The van der Waals surface area contributed by atoms with Crippen LogP contribution in [0.1, 0.15) is 30.7 Å². The number of nitrogens with two attached hydrogens (primary N) is 1. The van der Waals surface area contributed by atoms with Gasteiger partial charge in [-0.2, -0.15) is 5.10 Å². The van der Waals surface area contributed by atoms with Crippen LogP contribution in [0.25, 0.3) is 0 Å². The zero-order valence-corrected chi connectivity index (χ0v) is 10.1. The van der Waals surface area contributed by atoms with Crippen molar-refractivity contribution >= 4 is 0 Å². The second kappa shape index (κ2) is 4.18. The molecule has 1 heterocycles. The van der Waals surface area contributed by atoms with Crippen LogP contribution in [0.5, 0.6) is 0 Å². The fraction of sp³-hybridized carbons (Fsp3) is 0.750. The van der Waals surface area contributed by atoms with Gasteiger partial charge >= 0.3 is 0 Å².